The Kier molecular flexibility index (Phi) is 4.58. The first-order chi connectivity index (χ1) is 11.4. The summed E-state index contributed by atoms with van der Waals surface area (Å²) in [4.78, 5) is 8.84. The molecule has 1 aliphatic rings. The van der Waals surface area contributed by atoms with Crippen molar-refractivity contribution in [3.05, 3.63) is 29.8 Å². The number of hydrogen-bond acceptors (Lipinski definition) is 4. The lowest BCUT2D eigenvalue weighted by Crippen LogP contribution is -2.41. The zero-order valence-electron chi connectivity index (χ0n) is 12.9. The van der Waals surface area contributed by atoms with Crippen LogP contribution in [0, 0.1) is 5.82 Å². The third-order valence-electron chi connectivity index (χ3n) is 4.27. The van der Waals surface area contributed by atoms with Gasteiger partial charge in [0.2, 0.25) is 5.82 Å². The van der Waals surface area contributed by atoms with Gasteiger partial charge in [0.15, 0.2) is 0 Å². The number of aliphatic hydroxyl groups is 1. The van der Waals surface area contributed by atoms with Gasteiger partial charge in [-0.3, -0.25) is 0 Å². The summed E-state index contributed by atoms with van der Waals surface area (Å²) in [7, 11) is 0. The van der Waals surface area contributed by atoms with Crippen molar-refractivity contribution in [2.75, 3.05) is 18.1 Å². The highest BCUT2D eigenvalue weighted by molar-refractivity contribution is 5.90. The van der Waals surface area contributed by atoms with Crippen molar-refractivity contribution < 1.29 is 22.7 Å². The largest absolute Gasteiger partial charge is 0.451 e. The highest BCUT2D eigenvalue weighted by atomic mass is 19.4. The van der Waals surface area contributed by atoms with Crippen molar-refractivity contribution in [2.45, 2.75) is 37.9 Å². The van der Waals surface area contributed by atoms with E-state index in [0.29, 0.717) is 13.0 Å². The Labute approximate surface area is 136 Å². The Bertz CT molecular complexity index is 733. The van der Waals surface area contributed by atoms with E-state index in [2.05, 4.69) is 9.97 Å². The monoisotopic (exact) mass is 343 g/mol. The number of aliphatic hydroxyl groups excluding tert-OH is 1. The summed E-state index contributed by atoms with van der Waals surface area (Å²) in [6.45, 7) is 0.454. The van der Waals surface area contributed by atoms with Gasteiger partial charge in [0.05, 0.1) is 0 Å². The van der Waals surface area contributed by atoms with Crippen LogP contribution in [0.25, 0.3) is 10.9 Å². The number of fused-ring (bicyclic) bond motifs is 1. The first kappa shape index (κ1) is 16.9. The zero-order chi connectivity index (χ0) is 17.3. The lowest BCUT2D eigenvalue weighted by Gasteiger charge is -2.37. The van der Waals surface area contributed by atoms with E-state index in [0.717, 1.165) is 25.3 Å². The molecule has 1 unspecified atom stereocenters. The molecule has 0 aliphatic carbocycles. The molecule has 1 aliphatic heterocycles. The van der Waals surface area contributed by atoms with Crippen molar-refractivity contribution >= 4 is 16.7 Å². The lowest BCUT2D eigenvalue weighted by molar-refractivity contribution is -0.144. The molecule has 2 aromatic rings. The molecule has 0 radical (unpaired) electrons. The SMILES string of the molecule is OCCC1CCCCN1c1nc(C(F)(F)F)nc2c(F)cccc12. The van der Waals surface area contributed by atoms with Gasteiger partial charge in [-0.15, -0.1) is 0 Å². The summed E-state index contributed by atoms with van der Waals surface area (Å²) in [5.74, 6) is -2.06. The molecule has 24 heavy (non-hydrogen) atoms. The summed E-state index contributed by atoms with van der Waals surface area (Å²) >= 11 is 0. The molecular weight excluding hydrogens is 326 g/mol. The van der Waals surface area contributed by atoms with Crippen LogP contribution < -0.4 is 4.90 Å². The zero-order valence-corrected chi connectivity index (χ0v) is 12.9. The molecule has 2 heterocycles. The fourth-order valence-electron chi connectivity index (χ4n) is 3.18. The fraction of sp³-hybridized carbons (Fsp3) is 0.500. The molecule has 1 aromatic carbocycles. The van der Waals surface area contributed by atoms with Crippen molar-refractivity contribution in [3.8, 4) is 0 Å². The molecule has 0 saturated carbocycles. The number of aromatic nitrogens is 2. The molecule has 0 amide bonds. The van der Waals surface area contributed by atoms with E-state index in [9.17, 15) is 22.7 Å². The lowest BCUT2D eigenvalue weighted by atomic mass is 9.99. The molecule has 8 heteroatoms. The standard InChI is InChI=1S/C16H17F4N3O/c17-12-6-3-5-11-13(12)21-15(16(18,19)20)22-14(11)23-8-2-1-4-10(23)7-9-24/h3,5-6,10,24H,1-2,4,7-9H2. The van der Waals surface area contributed by atoms with Crippen LogP contribution in [-0.2, 0) is 6.18 Å². The van der Waals surface area contributed by atoms with Crippen LogP contribution in [0.15, 0.2) is 18.2 Å². The van der Waals surface area contributed by atoms with Crippen LogP contribution >= 0.6 is 0 Å². The maximum absolute atomic E-state index is 14.0. The number of para-hydroxylation sites is 1. The molecule has 3 rings (SSSR count). The van der Waals surface area contributed by atoms with Crippen LogP contribution in [0.5, 0.6) is 0 Å². The minimum Gasteiger partial charge on any atom is -0.396 e. The molecule has 4 nitrogen and oxygen atoms in total. The number of anilines is 1. The van der Waals surface area contributed by atoms with Crippen LogP contribution in [-0.4, -0.2) is 34.3 Å². The van der Waals surface area contributed by atoms with Crippen molar-refractivity contribution in [1.29, 1.82) is 0 Å². The Hall–Kier alpha value is -1.96. The molecule has 0 spiro atoms. The second kappa shape index (κ2) is 6.51. The highest BCUT2D eigenvalue weighted by Crippen LogP contribution is 2.35. The number of hydrogen-bond donors (Lipinski definition) is 1. The molecule has 1 aromatic heterocycles. The van der Waals surface area contributed by atoms with E-state index in [1.54, 1.807) is 4.90 Å². The average Bonchev–Trinajstić information content (AvgIpc) is 2.54. The molecule has 130 valence electrons. The van der Waals surface area contributed by atoms with Crippen LogP contribution in [0.3, 0.4) is 0 Å². The summed E-state index contributed by atoms with van der Waals surface area (Å²) in [5, 5.41) is 9.48. The van der Waals surface area contributed by atoms with Gasteiger partial charge >= 0.3 is 6.18 Å². The Balaban J connectivity index is 2.19. The predicted octanol–water partition coefficient (Wildman–Crippen LogP) is 3.53. The van der Waals surface area contributed by atoms with Gasteiger partial charge in [-0.1, -0.05) is 6.07 Å². The van der Waals surface area contributed by atoms with Crippen LogP contribution in [0.4, 0.5) is 23.4 Å². The second-order valence-corrected chi connectivity index (χ2v) is 5.86. The average molecular weight is 343 g/mol. The van der Waals surface area contributed by atoms with Crippen molar-refractivity contribution in [1.82, 2.24) is 9.97 Å². The van der Waals surface area contributed by atoms with Gasteiger partial charge in [0.1, 0.15) is 17.2 Å². The number of rotatable bonds is 3. The molecule has 0 bridgehead atoms. The van der Waals surface area contributed by atoms with Crippen molar-refractivity contribution in [3.63, 3.8) is 0 Å². The number of halogens is 4. The van der Waals surface area contributed by atoms with Crippen molar-refractivity contribution in [2.24, 2.45) is 0 Å². The summed E-state index contributed by atoms with van der Waals surface area (Å²) in [6, 6.07) is 3.92. The first-order valence-corrected chi connectivity index (χ1v) is 7.83. The summed E-state index contributed by atoms with van der Waals surface area (Å²) in [5.41, 5.74) is -0.330. The van der Waals surface area contributed by atoms with Gasteiger partial charge in [-0.05, 0) is 37.8 Å². The van der Waals surface area contributed by atoms with Gasteiger partial charge in [0, 0.05) is 24.6 Å². The summed E-state index contributed by atoms with van der Waals surface area (Å²) in [6.07, 6.45) is -1.83. The van der Waals surface area contributed by atoms with Crippen LogP contribution in [0.1, 0.15) is 31.5 Å². The normalized spacial score (nSPS) is 19.0. The third-order valence-corrected chi connectivity index (χ3v) is 4.27. The van der Waals surface area contributed by atoms with Crippen LogP contribution in [0.2, 0.25) is 0 Å². The Morgan fingerprint density at radius 2 is 2.00 bits per heavy atom. The molecule has 1 N–H and O–H groups in total. The maximum atomic E-state index is 14.0. The predicted molar refractivity (Wildman–Crippen MR) is 81.2 cm³/mol. The molecule has 1 atom stereocenters. The van der Waals surface area contributed by atoms with Gasteiger partial charge in [-0.25, -0.2) is 14.4 Å². The smallest absolute Gasteiger partial charge is 0.396 e. The number of benzene rings is 1. The maximum Gasteiger partial charge on any atom is 0.451 e. The van der Waals surface area contributed by atoms with Gasteiger partial charge in [0.25, 0.3) is 0 Å². The molecule has 1 saturated heterocycles. The minimum atomic E-state index is -4.76. The first-order valence-electron chi connectivity index (χ1n) is 7.83. The van der Waals surface area contributed by atoms with Gasteiger partial charge < -0.3 is 10.0 Å². The van der Waals surface area contributed by atoms with E-state index >= 15 is 0 Å². The van der Waals surface area contributed by atoms with E-state index in [1.165, 1.54) is 12.1 Å². The fourth-order valence-corrected chi connectivity index (χ4v) is 3.18. The van der Waals surface area contributed by atoms with E-state index < -0.39 is 17.8 Å². The Morgan fingerprint density at radius 3 is 2.71 bits per heavy atom. The van der Waals surface area contributed by atoms with E-state index in [-0.39, 0.29) is 29.4 Å². The number of alkyl halides is 3. The third kappa shape index (κ3) is 3.15. The highest BCUT2D eigenvalue weighted by Gasteiger charge is 2.37. The minimum absolute atomic E-state index is 0.0648. The molecular formula is C16H17F4N3O. The quantitative estimate of drug-likeness (QED) is 0.866. The second-order valence-electron chi connectivity index (χ2n) is 5.86. The Morgan fingerprint density at radius 1 is 1.21 bits per heavy atom. The molecule has 1 fully saturated rings. The number of nitrogens with zero attached hydrogens (tertiary/aromatic N) is 3. The van der Waals surface area contributed by atoms with E-state index in [1.807, 2.05) is 0 Å². The van der Waals surface area contributed by atoms with E-state index in [4.69, 9.17) is 0 Å². The van der Waals surface area contributed by atoms with Gasteiger partial charge in [-0.2, -0.15) is 13.2 Å². The number of piperidine rings is 1. The topological polar surface area (TPSA) is 49.2 Å². The summed E-state index contributed by atoms with van der Waals surface area (Å²) < 4.78 is 53.4.